The zero-order valence-electron chi connectivity index (χ0n) is 6.94. The molecule has 0 unspecified atom stereocenters. The fraction of sp³-hybridized carbons (Fsp3) is 0.125. The maximum Gasteiger partial charge on any atom is 0.387 e. The molecule has 0 bridgehead atoms. The van der Waals surface area contributed by atoms with Crippen molar-refractivity contribution in [3.8, 4) is 5.75 Å². The molecule has 0 saturated carbocycles. The Morgan fingerprint density at radius 1 is 1.40 bits per heavy atom. The van der Waals surface area contributed by atoms with Crippen molar-refractivity contribution in [2.45, 2.75) is 6.61 Å². The van der Waals surface area contributed by atoms with Crippen LogP contribution in [0, 0.1) is 0 Å². The molecular weight excluding hydrogens is 361 g/mol. The van der Waals surface area contributed by atoms with E-state index in [0.29, 0.717) is 4.47 Å². The molecule has 0 aromatic heterocycles. The lowest BCUT2D eigenvalue weighted by Gasteiger charge is -2.10. The first-order valence-corrected chi connectivity index (χ1v) is 5.52. The minimum atomic E-state index is -3.02. The largest absolute Gasteiger partial charge is 0.433 e. The van der Waals surface area contributed by atoms with Crippen molar-refractivity contribution in [1.82, 2.24) is 0 Å². The first-order valence-electron chi connectivity index (χ1n) is 3.55. The topological polar surface area (TPSA) is 26.3 Å². The smallest absolute Gasteiger partial charge is 0.387 e. The second-order valence-corrected chi connectivity index (χ2v) is 4.53. The van der Waals surface area contributed by atoms with Crippen molar-refractivity contribution in [2.24, 2.45) is 0 Å². The maximum atomic E-state index is 12.0. The molecule has 82 valence electrons. The molecule has 0 amide bonds. The molecule has 0 atom stereocenters. The lowest BCUT2D eigenvalue weighted by atomic mass is 10.2. The first-order chi connectivity index (χ1) is 6.91. The molecule has 0 N–H and O–H groups in total. The number of carbonyl (C=O) groups excluding carboxylic acids is 1. The van der Waals surface area contributed by atoms with Crippen molar-refractivity contribution in [1.29, 1.82) is 0 Å². The fourth-order valence-electron chi connectivity index (χ4n) is 0.915. The van der Waals surface area contributed by atoms with Gasteiger partial charge in [0.15, 0.2) is 5.75 Å². The van der Waals surface area contributed by atoms with Crippen molar-refractivity contribution < 1.29 is 18.3 Å². The van der Waals surface area contributed by atoms with Gasteiger partial charge in [-0.15, -0.1) is 0 Å². The number of hydrogen-bond acceptors (Lipinski definition) is 2. The summed E-state index contributed by atoms with van der Waals surface area (Å²) in [5, 5.41) is -0.868. The van der Waals surface area contributed by atoms with Gasteiger partial charge in [-0.25, -0.2) is 0 Å². The van der Waals surface area contributed by atoms with Crippen molar-refractivity contribution in [2.75, 3.05) is 0 Å². The van der Waals surface area contributed by atoms with Gasteiger partial charge in [0.05, 0.1) is 10.0 Å². The highest BCUT2D eigenvalue weighted by molar-refractivity contribution is 9.11. The summed E-state index contributed by atoms with van der Waals surface area (Å²) in [6, 6.07) is 2.78. The molecule has 1 aromatic rings. The van der Waals surface area contributed by atoms with E-state index in [-0.39, 0.29) is 15.8 Å². The number of carbonyl (C=O) groups is 1. The number of halogens is 5. The molecule has 0 aliphatic heterocycles. The summed E-state index contributed by atoms with van der Waals surface area (Å²) in [4.78, 5) is 11.0. The van der Waals surface area contributed by atoms with Crippen LogP contribution in [0.1, 0.15) is 10.4 Å². The molecule has 0 aliphatic rings. The van der Waals surface area contributed by atoms with Gasteiger partial charge in [0.1, 0.15) is 0 Å². The summed E-state index contributed by atoms with van der Waals surface area (Å²) in [5.74, 6) is -0.270. The molecule has 0 saturated heterocycles. The lowest BCUT2D eigenvalue weighted by Crippen LogP contribution is -2.06. The second kappa shape index (κ2) is 5.23. The summed E-state index contributed by atoms with van der Waals surface area (Å²) in [6.07, 6.45) is 0. The minimum absolute atomic E-state index is 0.127. The number of hydrogen-bond donors (Lipinski definition) is 0. The first kappa shape index (κ1) is 12.9. The van der Waals surface area contributed by atoms with Gasteiger partial charge in [0.25, 0.3) is 5.24 Å². The van der Waals surface area contributed by atoms with Gasteiger partial charge in [-0.1, -0.05) is 15.9 Å². The number of rotatable bonds is 3. The zero-order valence-corrected chi connectivity index (χ0v) is 10.9. The Morgan fingerprint density at radius 3 is 2.47 bits per heavy atom. The molecule has 0 aliphatic carbocycles. The van der Waals surface area contributed by atoms with Gasteiger partial charge in [0, 0.05) is 4.47 Å². The number of benzene rings is 1. The molecule has 0 radical (unpaired) electrons. The third kappa shape index (κ3) is 3.39. The molecule has 0 fully saturated rings. The summed E-state index contributed by atoms with van der Waals surface area (Å²) in [5.41, 5.74) is -0.127. The van der Waals surface area contributed by atoms with Crippen LogP contribution in [0.4, 0.5) is 8.78 Å². The van der Waals surface area contributed by atoms with Crippen LogP contribution < -0.4 is 4.74 Å². The van der Waals surface area contributed by atoms with Gasteiger partial charge in [-0.2, -0.15) is 8.78 Å². The molecule has 0 heterocycles. The third-order valence-corrected chi connectivity index (χ3v) is 2.68. The van der Waals surface area contributed by atoms with Gasteiger partial charge < -0.3 is 4.74 Å². The highest BCUT2D eigenvalue weighted by atomic mass is 79.9. The van der Waals surface area contributed by atoms with Crippen LogP contribution in [0.15, 0.2) is 21.1 Å². The molecule has 1 aromatic carbocycles. The number of ether oxygens (including phenoxy) is 1. The van der Waals surface area contributed by atoms with E-state index in [0.717, 1.165) is 0 Å². The van der Waals surface area contributed by atoms with Gasteiger partial charge in [0.2, 0.25) is 0 Å². The molecule has 15 heavy (non-hydrogen) atoms. The normalized spacial score (nSPS) is 10.5. The van der Waals surface area contributed by atoms with Crippen LogP contribution in [0.5, 0.6) is 5.75 Å². The Hall–Kier alpha value is -0.200. The van der Waals surface area contributed by atoms with Gasteiger partial charge in [-0.05, 0) is 39.7 Å². The maximum absolute atomic E-state index is 12.0. The lowest BCUT2D eigenvalue weighted by molar-refractivity contribution is -0.0506. The van der Waals surface area contributed by atoms with Crippen molar-refractivity contribution in [3.05, 3.63) is 26.6 Å². The SMILES string of the molecule is O=C(Cl)c1cc(Br)cc(Br)c1OC(F)F. The zero-order chi connectivity index (χ0) is 11.6. The van der Waals surface area contributed by atoms with Crippen LogP contribution in [-0.2, 0) is 0 Å². The van der Waals surface area contributed by atoms with E-state index < -0.39 is 11.9 Å². The summed E-state index contributed by atoms with van der Waals surface area (Å²) in [7, 11) is 0. The van der Waals surface area contributed by atoms with Gasteiger partial charge in [-0.3, -0.25) is 4.79 Å². The van der Waals surface area contributed by atoms with Crippen molar-refractivity contribution >= 4 is 48.7 Å². The van der Waals surface area contributed by atoms with E-state index in [1.165, 1.54) is 12.1 Å². The van der Waals surface area contributed by atoms with Crippen molar-refractivity contribution in [3.63, 3.8) is 0 Å². The highest BCUT2D eigenvalue weighted by Crippen LogP contribution is 2.34. The Kier molecular flexibility index (Phi) is 4.48. The van der Waals surface area contributed by atoms with E-state index >= 15 is 0 Å². The molecule has 2 nitrogen and oxygen atoms in total. The van der Waals surface area contributed by atoms with E-state index in [2.05, 4.69) is 36.6 Å². The quantitative estimate of drug-likeness (QED) is 0.752. The second-order valence-electron chi connectivity index (χ2n) is 2.42. The molecule has 1 rings (SSSR count). The predicted octanol–water partition coefficient (Wildman–Crippen LogP) is 4.19. The molecule has 0 spiro atoms. The standard InChI is InChI=1S/C8H3Br2ClF2O2/c9-3-1-4(7(11)14)6(5(10)2-3)15-8(12)13/h1-2,8H. The molecular formula is C8H3Br2ClF2O2. The van der Waals surface area contributed by atoms with Crippen LogP contribution in [0.2, 0.25) is 0 Å². The Labute approximate surface area is 106 Å². The molecule has 7 heteroatoms. The average Bonchev–Trinajstić information content (AvgIpc) is 2.08. The van der Waals surface area contributed by atoms with E-state index in [9.17, 15) is 13.6 Å². The Morgan fingerprint density at radius 2 is 2.00 bits per heavy atom. The van der Waals surface area contributed by atoms with E-state index in [1.807, 2.05) is 0 Å². The average molecular weight is 364 g/mol. The highest BCUT2D eigenvalue weighted by Gasteiger charge is 2.18. The Balaban J connectivity index is 3.27. The van der Waals surface area contributed by atoms with Crippen LogP contribution in [0.3, 0.4) is 0 Å². The van der Waals surface area contributed by atoms with Crippen LogP contribution in [-0.4, -0.2) is 11.9 Å². The van der Waals surface area contributed by atoms with Gasteiger partial charge >= 0.3 is 6.61 Å². The third-order valence-electron chi connectivity index (χ3n) is 1.43. The Bertz CT molecular complexity index is 398. The summed E-state index contributed by atoms with van der Waals surface area (Å²) in [6.45, 7) is -3.02. The van der Waals surface area contributed by atoms with Crippen LogP contribution >= 0.6 is 43.5 Å². The fourth-order valence-corrected chi connectivity index (χ4v) is 2.37. The summed E-state index contributed by atoms with van der Waals surface area (Å²) < 4.78 is 29.0. The number of alkyl halides is 2. The summed E-state index contributed by atoms with van der Waals surface area (Å²) >= 11 is 11.3. The van der Waals surface area contributed by atoms with E-state index in [1.54, 1.807) is 0 Å². The predicted molar refractivity (Wildman–Crippen MR) is 58.7 cm³/mol. The monoisotopic (exact) mass is 362 g/mol. The van der Waals surface area contributed by atoms with E-state index in [4.69, 9.17) is 11.6 Å². The van der Waals surface area contributed by atoms with Crippen LogP contribution in [0.25, 0.3) is 0 Å². The minimum Gasteiger partial charge on any atom is -0.433 e.